The van der Waals surface area contributed by atoms with Crippen LogP contribution in [0.1, 0.15) is 29.3 Å². The minimum atomic E-state index is -0.545. The lowest BCUT2D eigenvalue weighted by atomic mass is 10.1. The van der Waals surface area contributed by atoms with Crippen molar-refractivity contribution in [3.63, 3.8) is 0 Å². The number of Topliss-reactive ketones (excluding diaryl/α,β-unsaturated/α-hetero) is 1. The molecule has 1 amide bonds. The first kappa shape index (κ1) is 17.2. The zero-order valence-corrected chi connectivity index (χ0v) is 13.0. The Hall–Kier alpha value is -3.20. The van der Waals surface area contributed by atoms with E-state index in [0.717, 1.165) is 12.1 Å². The molecule has 122 valence electrons. The second-order valence-corrected chi connectivity index (χ2v) is 4.95. The lowest BCUT2D eigenvalue weighted by molar-refractivity contribution is -0.118. The van der Waals surface area contributed by atoms with E-state index in [2.05, 4.69) is 5.32 Å². The Labute approximate surface area is 138 Å². The van der Waals surface area contributed by atoms with Crippen molar-refractivity contribution >= 4 is 17.4 Å². The van der Waals surface area contributed by atoms with Crippen LogP contribution in [0, 0.1) is 17.1 Å². The summed E-state index contributed by atoms with van der Waals surface area (Å²) in [7, 11) is 0. The number of carbonyl (C=O) groups excluding carboxylic acids is 2. The lowest BCUT2D eigenvalue weighted by Gasteiger charge is -2.11. The predicted molar refractivity (Wildman–Crippen MR) is 86.3 cm³/mol. The molecular formula is C18H15FN2O3. The zero-order chi connectivity index (χ0) is 17.5. The summed E-state index contributed by atoms with van der Waals surface area (Å²) in [5, 5.41) is 11.4. The third kappa shape index (κ3) is 4.40. The van der Waals surface area contributed by atoms with Gasteiger partial charge in [0.05, 0.1) is 17.2 Å². The van der Waals surface area contributed by atoms with Crippen LogP contribution >= 0.6 is 0 Å². The fourth-order valence-corrected chi connectivity index (χ4v) is 2.04. The van der Waals surface area contributed by atoms with Crippen LogP contribution in [0.4, 0.5) is 10.1 Å². The number of nitrogens with zero attached hydrogens (tertiary/aromatic N) is 1. The van der Waals surface area contributed by atoms with Crippen molar-refractivity contribution in [1.29, 1.82) is 5.26 Å². The lowest BCUT2D eigenvalue weighted by Crippen LogP contribution is -2.21. The average Bonchev–Trinajstić information content (AvgIpc) is 2.60. The monoisotopic (exact) mass is 326 g/mol. The van der Waals surface area contributed by atoms with Gasteiger partial charge in [0.2, 0.25) is 0 Å². The summed E-state index contributed by atoms with van der Waals surface area (Å²) in [5.74, 6) is -1.11. The first-order valence-corrected chi connectivity index (χ1v) is 7.29. The number of anilines is 1. The molecule has 2 rings (SSSR count). The zero-order valence-electron chi connectivity index (χ0n) is 13.0. The Bertz CT molecular complexity index is 812. The highest BCUT2D eigenvalue weighted by atomic mass is 19.1. The highest BCUT2D eigenvalue weighted by Gasteiger charge is 2.13. The number of nitriles is 1. The first-order chi connectivity index (χ1) is 11.5. The molecule has 2 aromatic carbocycles. The second-order valence-electron chi connectivity index (χ2n) is 4.95. The minimum absolute atomic E-state index is 0.108. The molecule has 0 aliphatic heterocycles. The number of ether oxygens (including phenoxy) is 1. The van der Waals surface area contributed by atoms with Crippen molar-refractivity contribution in [2.75, 3.05) is 11.9 Å². The van der Waals surface area contributed by atoms with E-state index in [1.54, 1.807) is 25.1 Å². The van der Waals surface area contributed by atoms with E-state index < -0.39 is 11.7 Å². The molecule has 0 saturated heterocycles. The highest BCUT2D eigenvalue weighted by molar-refractivity contribution is 5.98. The van der Waals surface area contributed by atoms with E-state index >= 15 is 0 Å². The number of amides is 1. The third-order valence-electron chi connectivity index (χ3n) is 3.20. The van der Waals surface area contributed by atoms with Crippen molar-refractivity contribution in [2.45, 2.75) is 13.3 Å². The van der Waals surface area contributed by atoms with Gasteiger partial charge in [-0.3, -0.25) is 9.59 Å². The second kappa shape index (κ2) is 7.88. The molecular weight excluding hydrogens is 311 g/mol. The topological polar surface area (TPSA) is 79.2 Å². The normalized spacial score (nSPS) is 9.88. The average molecular weight is 326 g/mol. The van der Waals surface area contributed by atoms with Crippen molar-refractivity contribution in [2.24, 2.45) is 0 Å². The van der Waals surface area contributed by atoms with Gasteiger partial charge in [-0.1, -0.05) is 13.0 Å². The fourth-order valence-electron chi connectivity index (χ4n) is 2.04. The molecule has 6 heteroatoms. The van der Waals surface area contributed by atoms with Crippen molar-refractivity contribution in [3.05, 3.63) is 59.4 Å². The van der Waals surface area contributed by atoms with Gasteiger partial charge in [-0.2, -0.15) is 5.26 Å². The molecule has 0 fully saturated rings. The molecule has 2 aromatic rings. The molecule has 0 saturated carbocycles. The Morgan fingerprint density at radius 2 is 2.04 bits per heavy atom. The summed E-state index contributed by atoms with van der Waals surface area (Å²) >= 11 is 0. The molecule has 0 aromatic heterocycles. The van der Waals surface area contributed by atoms with Gasteiger partial charge in [-0.15, -0.1) is 0 Å². The van der Waals surface area contributed by atoms with Gasteiger partial charge < -0.3 is 10.1 Å². The molecule has 0 unspecified atom stereocenters. The summed E-state index contributed by atoms with van der Waals surface area (Å²) in [4.78, 5) is 23.7. The van der Waals surface area contributed by atoms with Gasteiger partial charge in [0, 0.05) is 12.1 Å². The van der Waals surface area contributed by atoms with E-state index in [4.69, 9.17) is 10.00 Å². The van der Waals surface area contributed by atoms with Crippen LogP contribution < -0.4 is 10.1 Å². The largest absolute Gasteiger partial charge is 0.483 e. The smallest absolute Gasteiger partial charge is 0.262 e. The first-order valence-electron chi connectivity index (χ1n) is 7.29. The molecule has 0 heterocycles. The molecule has 24 heavy (non-hydrogen) atoms. The minimum Gasteiger partial charge on any atom is -0.483 e. The van der Waals surface area contributed by atoms with E-state index in [9.17, 15) is 14.0 Å². The summed E-state index contributed by atoms with van der Waals surface area (Å²) in [5.41, 5.74) is 0.992. The van der Waals surface area contributed by atoms with Crippen LogP contribution in [-0.4, -0.2) is 18.3 Å². The molecule has 0 bridgehead atoms. The molecule has 0 atom stereocenters. The van der Waals surface area contributed by atoms with Gasteiger partial charge >= 0.3 is 0 Å². The van der Waals surface area contributed by atoms with Crippen LogP contribution in [0.25, 0.3) is 0 Å². The quantitative estimate of drug-likeness (QED) is 0.826. The highest BCUT2D eigenvalue weighted by Crippen LogP contribution is 2.21. The summed E-state index contributed by atoms with van der Waals surface area (Å²) in [6.45, 7) is 1.32. The van der Waals surface area contributed by atoms with Crippen LogP contribution in [0.15, 0.2) is 42.5 Å². The van der Waals surface area contributed by atoms with Gasteiger partial charge in [0.15, 0.2) is 12.4 Å². The maximum absolute atomic E-state index is 13.3. The van der Waals surface area contributed by atoms with Gasteiger partial charge in [0.1, 0.15) is 11.6 Å². The fraction of sp³-hybridized carbons (Fsp3) is 0.167. The summed E-state index contributed by atoms with van der Waals surface area (Å²) < 4.78 is 18.6. The number of carbonyl (C=O) groups is 2. The molecule has 0 radical (unpaired) electrons. The number of nitrogens with one attached hydrogen (secondary N) is 1. The maximum Gasteiger partial charge on any atom is 0.262 e. The predicted octanol–water partition coefficient (Wildman–Crippen LogP) is 3.31. The standard InChI is InChI=1S/C18H15FN2O3/c1-2-16(22)15-9-13(19)6-7-17(15)24-11-18(23)21-14-5-3-4-12(8-14)10-20/h3-9H,2,11H2,1H3,(H,21,23). The Morgan fingerprint density at radius 1 is 1.25 bits per heavy atom. The third-order valence-corrected chi connectivity index (χ3v) is 3.20. The van der Waals surface area contributed by atoms with Crippen LogP contribution in [0.2, 0.25) is 0 Å². The van der Waals surface area contributed by atoms with Crippen LogP contribution in [0.3, 0.4) is 0 Å². The Kier molecular flexibility index (Phi) is 5.63. The van der Waals surface area contributed by atoms with Crippen molar-refractivity contribution in [1.82, 2.24) is 0 Å². The van der Waals surface area contributed by atoms with Gasteiger partial charge in [0.25, 0.3) is 5.91 Å². The maximum atomic E-state index is 13.3. The molecule has 0 spiro atoms. The van der Waals surface area contributed by atoms with Crippen molar-refractivity contribution < 1.29 is 18.7 Å². The molecule has 0 aliphatic rings. The number of benzene rings is 2. The van der Waals surface area contributed by atoms with Gasteiger partial charge in [-0.25, -0.2) is 4.39 Å². The summed E-state index contributed by atoms with van der Waals surface area (Å²) in [6.07, 6.45) is 0.201. The number of ketones is 1. The van der Waals surface area contributed by atoms with Crippen LogP contribution in [0.5, 0.6) is 5.75 Å². The van der Waals surface area contributed by atoms with Crippen molar-refractivity contribution in [3.8, 4) is 11.8 Å². The number of hydrogen-bond donors (Lipinski definition) is 1. The SMILES string of the molecule is CCC(=O)c1cc(F)ccc1OCC(=O)Nc1cccc(C#N)c1. The van der Waals surface area contributed by atoms with E-state index in [-0.39, 0.29) is 30.1 Å². The van der Waals surface area contributed by atoms with Gasteiger partial charge in [-0.05, 0) is 36.4 Å². The number of hydrogen-bond acceptors (Lipinski definition) is 4. The number of rotatable bonds is 6. The van der Waals surface area contributed by atoms with E-state index in [1.165, 1.54) is 12.1 Å². The van der Waals surface area contributed by atoms with E-state index in [0.29, 0.717) is 11.3 Å². The summed E-state index contributed by atoms with van der Waals surface area (Å²) in [6, 6.07) is 12.0. The van der Waals surface area contributed by atoms with Crippen LogP contribution in [-0.2, 0) is 4.79 Å². The van der Waals surface area contributed by atoms with E-state index in [1.807, 2.05) is 6.07 Å². The Balaban J connectivity index is 2.04. The Morgan fingerprint density at radius 3 is 2.75 bits per heavy atom. The molecule has 5 nitrogen and oxygen atoms in total. The number of halogens is 1. The molecule has 0 aliphatic carbocycles. The molecule has 1 N–H and O–H groups in total.